The number of hydrogen-bond acceptors (Lipinski definition) is 4. The first-order valence-corrected chi connectivity index (χ1v) is 9.56. The molecule has 0 amide bonds. The van der Waals surface area contributed by atoms with Crippen LogP contribution in [0.1, 0.15) is 23.6 Å². The first-order chi connectivity index (χ1) is 13.5. The molecule has 0 bridgehead atoms. The maximum absolute atomic E-state index is 13.4. The number of nitrogens with one attached hydrogen (secondary N) is 2. The number of hydrogen-bond donors (Lipinski definition) is 2. The van der Waals surface area contributed by atoms with Gasteiger partial charge in [0.2, 0.25) is 0 Å². The summed E-state index contributed by atoms with van der Waals surface area (Å²) < 4.78 is 18.9. The van der Waals surface area contributed by atoms with E-state index in [0.717, 1.165) is 36.6 Å². The molecular weight excluding hydrogens is 357 g/mol. The van der Waals surface area contributed by atoms with Crippen LogP contribution in [-0.4, -0.2) is 43.8 Å². The fourth-order valence-electron chi connectivity index (χ4n) is 3.14. The molecule has 3 rings (SSSR count). The van der Waals surface area contributed by atoms with Crippen LogP contribution in [0.2, 0.25) is 0 Å². The Morgan fingerprint density at radius 1 is 1.25 bits per heavy atom. The number of aromatic nitrogens is 1. The molecule has 2 aromatic rings. The Morgan fingerprint density at radius 3 is 2.64 bits per heavy atom. The van der Waals surface area contributed by atoms with E-state index >= 15 is 0 Å². The largest absolute Gasteiger partial charge is 0.375 e. The predicted molar refractivity (Wildman–Crippen MR) is 110 cm³/mol. The average Bonchev–Trinajstić information content (AvgIpc) is 2.71. The zero-order valence-corrected chi connectivity index (χ0v) is 16.7. The SMILES string of the molecule is CN=C(NCc1ccc(N2CCOC(C)C2)nc1)NCc1ccc(F)c(C)c1. The van der Waals surface area contributed by atoms with Crippen molar-refractivity contribution in [1.82, 2.24) is 15.6 Å². The molecule has 2 N–H and O–H groups in total. The summed E-state index contributed by atoms with van der Waals surface area (Å²) in [6.07, 6.45) is 2.12. The molecule has 1 atom stereocenters. The van der Waals surface area contributed by atoms with Crippen molar-refractivity contribution in [3.8, 4) is 0 Å². The minimum absolute atomic E-state index is 0.186. The molecule has 1 aromatic heterocycles. The van der Waals surface area contributed by atoms with Gasteiger partial charge in [0.25, 0.3) is 0 Å². The van der Waals surface area contributed by atoms with Gasteiger partial charge in [0, 0.05) is 39.4 Å². The van der Waals surface area contributed by atoms with Crippen LogP contribution in [0.4, 0.5) is 10.2 Å². The van der Waals surface area contributed by atoms with Gasteiger partial charge in [0.05, 0.1) is 12.7 Å². The Kier molecular flexibility index (Phi) is 6.81. The normalized spacial score (nSPS) is 17.5. The highest BCUT2D eigenvalue weighted by molar-refractivity contribution is 5.79. The van der Waals surface area contributed by atoms with Gasteiger partial charge in [-0.3, -0.25) is 4.99 Å². The molecule has 6 nitrogen and oxygen atoms in total. The molecule has 2 heterocycles. The van der Waals surface area contributed by atoms with Crippen LogP contribution in [-0.2, 0) is 17.8 Å². The monoisotopic (exact) mass is 385 g/mol. The van der Waals surface area contributed by atoms with Crippen molar-refractivity contribution in [3.63, 3.8) is 0 Å². The number of morpholine rings is 1. The van der Waals surface area contributed by atoms with E-state index in [-0.39, 0.29) is 11.9 Å². The second kappa shape index (κ2) is 9.50. The van der Waals surface area contributed by atoms with Gasteiger partial charge < -0.3 is 20.3 Å². The maximum Gasteiger partial charge on any atom is 0.191 e. The quantitative estimate of drug-likeness (QED) is 0.612. The summed E-state index contributed by atoms with van der Waals surface area (Å²) in [5.74, 6) is 1.48. The number of rotatable bonds is 5. The summed E-state index contributed by atoms with van der Waals surface area (Å²) in [5.41, 5.74) is 2.72. The van der Waals surface area contributed by atoms with Crippen molar-refractivity contribution in [3.05, 3.63) is 59.0 Å². The highest BCUT2D eigenvalue weighted by Gasteiger charge is 2.17. The molecule has 0 spiro atoms. The Bertz CT molecular complexity index is 809. The van der Waals surface area contributed by atoms with Crippen LogP contribution >= 0.6 is 0 Å². The van der Waals surface area contributed by atoms with E-state index in [1.165, 1.54) is 6.07 Å². The minimum atomic E-state index is -0.186. The van der Waals surface area contributed by atoms with E-state index in [9.17, 15) is 4.39 Å². The van der Waals surface area contributed by atoms with Crippen LogP contribution in [0.5, 0.6) is 0 Å². The lowest BCUT2D eigenvalue weighted by Gasteiger charge is -2.32. The topological polar surface area (TPSA) is 61.8 Å². The van der Waals surface area contributed by atoms with Crippen LogP contribution in [0.25, 0.3) is 0 Å². The van der Waals surface area contributed by atoms with E-state index in [2.05, 4.69) is 38.5 Å². The predicted octanol–water partition coefficient (Wildman–Crippen LogP) is 2.62. The number of benzene rings is 1. The number of guanidine groups is 1. The van der Waals surface area contributed by atoms with E-state index in [1.807, 2.05) is 18.3 Å². The highest BCUT2D eigenvalue weighted by Crippen LogP contribution is 2.15. The van der Waals surface area contributed by atoms with E-state index in [1.54, 1.807) is 20.0 Å². The lowest BCUT2D eigenvalue weighted by Crippen LogP contribution is -2.41. The molecule has 1 unspecified atom stereocenters. The summed E-state index contributed by atoms with van der Waals surface area (Å²) in [6, 6.07) is 9.23. The minimum Gasteiger partial charge on any atom is -0.375 e. The third-order valence-electron chi connectivity index (χ3n) is 4.74. The first kappa shape index (κ1) is 20.1. The third-order valence-corrected chi connectivity index (χ3v) is 4.74. The molecule has 1 aromatic carbocycles. The molecular formula is C21H28FN5O. The molecule has 0 radical (unpaired) electrons. The van der Waals surface area contributed by atoms with Crippen molar-refractivity contribution >= 4 is 11.8 Å². The van der Waals surface area contributed by atoms with Crippen LogP contribution < -0.4 is 15.5 Å². The molecule has 1 aliphatic rings. The van der Waals surface area contributed by atoms with Crippen LogP contribution in [0.3, 0.4) is 0 Å². The van der Waals surface area contributed by atoms with Gasteiger partial charge >= 0.3 is 0 Å². The standard InChI is InChI=1S/C21H28FN5O/c1-15-10-17(4-6-19(15)22)11-25-21(23-3)26-13-18-5-7-20(24-12-18)27-8-9-28-16(2)14-27/h4-7,10,12,16H,8-9,11,13-14H2,1-3H3,(H2,23,25,26). The lowest BCUT2D eigenvalue weighted by atomic mass is 10.1. The zero-order valence-electron chi connectivity index (χ0n) is 16.7. The zero-order chi connectivity index (χ0) is 19.9. The van der Waals surface area contributed by atoms with Crippen LogP contribution in [0.15, 0.2) is 41.5 Å². The molecule has 0 aliphatic carbocycles. The number of anilines is 1. The second-order valence-corrected chi connectivity index (χ2v) is 7.01. The van der Waals surface area contributed by atoms with Gasteiger partial charge in [-0.1, -0.05) is 18.2 Å². The number of halogens is 1. The second-order valence-electron chi connectivity index (χ2n) is 7.01. The Hall–Kier alpha value is -2.67. The Labute approximate surface area is 165 Å². The molecule has 7 heteroatoms. The molecule has 1 saturated heterocycles. The number of pyridine rings is 1. The summed E-state index contributed by atoms with van der Waals surface area (Å²) in [4.78, 5) is 11.1. The molecule has 0 saturated carbocycles. The van der Waals surface area contributed by atoms with Crippen molar-refractivity contribution in [1.29, 1.82) is 0 Å². The fraction of sp³-hybridized carbons (Fsp3) is 0.429. The average molecular weight is 385 g/mol. The van der Waals surface area contributed by atoms with E-state index in [4.69, 9.17) is 4.74 Å². The van der Waals surface area contributed by atoms with Gasteiger partial charge in [-0.2, -0.15) is 0 Å². The maximum atomic E-state index is 13.4. The number of aryl methyl sites for hydroxylation is 1. The van der Waals surface area contributed by atoms with Crippen molar-refractivity contribution in [2.45, 2.75) is 33.0 Å². The molecule has 1 aliphatic heterocycles. The van der Waals surface area contributed by atoms with Crippen molar-refractivity contribution in [2.24, 2.45) is 4.99 Å². The van der Waals surface area contributed by atoms with Gasteiger partial charge in [-0.15, -0.1) is 0 Å². The van der Waals surface area contributed by atoms with Crippen molar-refractivity contribution < 1.29 is 9.13 Å². The summed E-state index contributed by atoms with van der Waals surface area (Å²) in [5, 5.41) is 6.52. The summed E-state index contributed by atoms with van der Waals surface area (Å²) >= 11 is 0. The Morgan fingerprint density at radius 2 is 2.00 bits per heavy atom. The number of aliphatic imine (C=N–C) groups is 1. The van der Waals surface area contributed by atoms with E-state index in [0.29, 0.717) is 24.6 Å². The van der Waals surface area contributed by atoms with Gasteiger partial charge in [0.15, 0.2) is 5.96 Å². The molecule has 150 valence electrons. The summed E-state index contributed by atoms with van der Waals surface area (Å²) in [6.45, 7) is 7.51. The number of ether oxygens (including phenoxy) is 1. The summed E-state index contributed by atoms with van der Waals surface area (Å²) in [7, 11) is 1.73. The molecule has 1 fully saturated rings. The smallest absolute Gasteiger partial charge is 0.191 e. The Balaban J connectivity index is 1.49. The van der Waals surface area contributed by atoms with E-state index < -0.39 is 0 Å². The first-order valence-electron chi connectivity index (χ1n) is 9.56. The van der Waals surface area contributed by atoms with Crippen LogP contribution in [0, 0.1) is 12.7 Å². The van der Waals surface area contributed by atoms with Gasteiger partial charge in [0.1, 0.15) is 11.6 Å². The molecule has 28 heavy (non-hydrogen) atoms. The van der Waals surface area contributed by atoms with Gasteiger partial charge in [-0.25, -0.2) is 9.37 Å². The third kappa shape index (κ3) is 5.42. The van der Waals surface area contributed by atoms with Crippen molar-refractivity contribution in [2.75, 3.05) is 31.6 Å². The lowest BCUT2D eigenvalue weighted by molar-refractivity contribution is 0.0529. The van der Waals surface area contributed by atoms with Gasteiger partial charge in [-0.05, 0) is 42.7 Å². The fourth-order valence-corrected chi connectivity index (χ4v) is 3.14. The highest BCUT2D eigenvalue weighted by atomic mass is 19.1. The number of nitrogens with zero attached hydrogens (tertiary/aromatic N) is 3.